The summed E-state index contributed by atoms with van der Waals surface area (Å²) in [6.07, 6.45) is 2.83. The summed E-state index contributed by atoms with van der Waals surface area (Å²) in [5.41, 5.74) is 3.59. The van der Waals surface area contributed by atoms with Crippen molar-refractivity contribution in [2.75, 3.05) is 12.4 Å². The summed E-state index contributed by atoms with van der Waals surface area (Å²) in [5.74, 6) is 0.497. The average Bonchev–Trinajstić information content (AvgIpc) is 2.73. The van der Waals surface area contributed by atoms with Gasteiger partial charge in [-0.15, -0.1) is 0 Å². The Bertz CT molecular complexity index is 1130. The fourth-order valence-electron chi connectivity index (χ4n) is 4.50. The number of benzene rings is 1. The van der Waals surface area contributed by atoms with Crippen LogP contribution < -0.4 is 15.4 Å². The second kappa shape index (κ2) is 8.54. The lowest BCUT2D eigenvalue weighted by Crippen LogP contribution is -2.39. The SMILES string of the molecule is COc1ccc(C2C(C(=O)Nc3ccc(Br)cn3)=C(C)NC3=C2C(=O)CC(C)(C)C3)cc1. The number of hydrogen-bond donors (Lipinski definition) is 2. The molecule has 2 heterocycles. The highest BCUT2D eigenvalue weighted by Crippen LogP contribution is 2.46. The van der Waals surface area contributed by atoms with Gasteiger partial charge in [-0.05, 0) is 64.5 Å². The topological polar surface area (TPSA) is 80.3 Å². The van der Waals surface area contributed by atoms with Gasteiger partial charge in [0.25, 0.3) is 5.91 Å². The summed E-state index contributed by atoms with van der Waals surface area (Å²) in [4.78, 5) is 31.0. The van der Waals surface area contributed by atoms with Crippen molar-refractivity contribution in [2.24, 2.45) is 5.41 Å². The molecule has 2 aliphatic rings. The molecule has 1 aliphatic carbocycles. The zero-order valence-electron chi connectivity index (χ0n) is 18.6. The Hall–Kier alpha value is -2.93. The van der Waals surface area contributed by atoms with Crippen LogP contribution in [0.15, 0.2) is 69.6 Å². The number of aromatic nitrogens is 1. The Balaban J connectivity index is 1.79. The predicted molar refractivity (Wildman–Crippen MR) is 127 cm³/mol. The molecule has 6 nitrogen and oxygen atoms in total. The van der Waals surface area contributed by atoms with E-state index in [4.69, 9.17) is 4.74 Å². The number of Topliss-reactive ketones (excluding diaryl/α,β-unsaturated/α-hetero) is 1. The van der Waals surface area contributed by atoms with Crippen molar-refractivity contribution in [1.82, 2.24) is 10.3 Å². The molecule has 2 aromatic rings. The normalized spacial score (nSPS) is 19.9. The molecule has 0 spiro atoms. The maximum Gasteiger partial charge on any atom is 0.255 e. The molecule has 4 rings (SSSR count). The van der Waals surface area contributed by atoms with Crippen molar-refractivity contribution in [3.8, 4) is 5.75 Å². The number of rotatable bonds is 4. The fourth-order valence-corrected chi connectivity index (χ4v) is 4.73. The van der Waals surface area contributed by atoms with Crippen molar-refractivity contribution in [2.45, 2.75) is 39.5 Å². The van der Waals surface area contributed by atoms with Crippen molar-refractivity contribution in [3.63, 3.8) is 0 Å². The van der Waals surface area contributed by atoms with E-state index in [1.165, 1.54) is 0 Å². The van der Waals surface area contributed by atoms with Crippen LogP contribution in [-0.4, -0.2) is 23.8 Å². The first-order chi connectivity index (χ1) is 15.2. The minimum atomic E-state index is -0.462. The number of allylic oxidation sites excluding steroid dienone is 3. The van der Waals surface area contributed by atoms with Gasteiger partial charge in [0.05, 0.1) is 7.11 Å². The van der Waals surface area contributed by atoms with E-state index in [9.17, 15) is 9.59 Å². The number of carbonyl (C=O) groups excluding carboxylic acids is 2. The first kappa shape index (κ1) is 22.3. The van der Waals surface area contributed by atoms with Crippen LogP contribution >= 0.6 is 15.9 Å². The lowest BCUT2D eigenvalue weighted by Gasteiger charge is -2.39. The number of pyridine rings is 1. The van der Waals surface area contributed by atoms with E-state index in [0.29, 0.717) is 23.4 Å². The summed E-state index contributed by atoms with van der Waals surface area (Å²) in [6, 6.07) is 11.1. The smallest absolute Gasteiger partial charge is 0.255 e. The van der Waals surface area contributed by atoms with E-state index < -0.39 is 5.92 Å². The van der Waals surface area contributed by atoms with Gasteiger partial charge in [0.1, 0.15) is 11.6 Å². The molecular weight excluding hydrogens is 470 g/mol. The van der Waals surface area contributed by atoms with Crippen LogP contribution in [0.1, 0.15) is 45.1 Å². The number of anilines is 1. The Kier molecular flexibility index (Phi) is 5.95. The molecule has 1 unspecified atom stereocenters. The molecule has 0 saturated carbocycles. The predicted octanol–water partition coefficient (Wildman–Crippen LogP) is 5.10. The fraction of sp³-hybridized carbons (Fsp3) is 0.320. The molecule has 0 fully saturated rings. The lowest BCUT2D eigenvalue weighted by atomic mass is 9.68. The van der Waals surface area contributed by atoms with Crippen molar-refractivity contribution >= 4 is 33.4 Å². The van der Waals surface area contributed by atoms with Crippen molar-refractivity contribution in [3.05, 3.63) is 75.2 Å². The molecule has 1 aromatic heterocycles. The van der Waals surface area contributed by atoms with Gasteiger partial charge in [0.15, 0.2) is 5.78 Å². The highest BCUT2D eigenvalue weighted by atomic mass is 79.9. The van der Waals surface area contributed by atoms with Crippen LogP contribution in [0.5, 0.6) is 5.75 Å². The molecule has 1 aromatic carbocycles. The number of ether oxygens (including phenoxy) is 1. The number of nitrogens with zero attached hydrogens (tertiary/aromatic N) is 1. The minimum Gasteiger partial charge on any atom is -0.497 e. The van der Waals surface area contributed by atoms with Gasteiger partial charge < -0.3 is 15.4 Å². The lowest BCUT2D eigenvalue weighted by molar-refractivity contribution is -0.118. The number of ketones is 1. The number of halogens is 1. The Morgan fingerprint density at radius 3 is 2.53 bits per heavy atom. The first-order valence-corrected chi connectivity index (χ1v) is 11.3. The van der Waals surface area contributed by atoms with Gasteiger partial charge in [-0.2, -0.15) is 0 Å². The summed E-state index contributed by atoms with van der Waals surface area (Å²) < 4.78 is 6.13. The van der Waals surface area contributed by atoms with Crippen LogP contribution in [0, 0.1) is 5.41 Å². The van der Waals surface area contributed by atoms with Gasteiger partial charge >= 0.3 is 0 Å². The molecule has 166 valence electrons. The molecule has 32 heavy (non-hydrogen) atoms. The molecule has 1 amide bonds. The van der Waals surface area contributed by atoms with Crippen LogP contribution in [-0.2, 0) is 9.59 Å². The van der Waals surface area contributed by atoms with Crippen LogP contribution in [0.2, 0.25) is 0 Å². The second-order valence-electron chi connectivity index (χ2n) is 9.02. The van der Waals surface area contributed by atoms with Crippen LogP contribution in [0.25, 0.3) is 0 Å². The third kappa shape index (κ3) is 4.35. The molecule has 2 N–H and O–H groups in total. The van der Waals surface area contributed by atoms with Gasteiger partial charge in [0.2, 0.25) is 0 Å². The highest BCUT2D eigenvalue weighted by molar-refractivity contribution is 9.10. The summed E-state index contributed by atoms with van der Waals surface area (Å²) in [5, 5.41) is 6.27. The Morgan fingerprint density at radius 1 is 1.19 bits per heavy atom. The quantitative estimate of drug-likeness (QED) is 0.616. The van der Waals surface area contributed by atoms with E-state index in [0.717, 1.165) is 33.6 Å². The summed E-state index contributed by atoms with van der Waals surface area (Å²) in [7, 11) is 1.61. The molecule has 0 saturated heterocycles. The second-order valence-corrected chi connectivity index (χ2v) is 9.93. The number of methoxy groups -OCH3 is 1. The standard InChI is InChI=1S/C25H26BrN3O3/c1-14-21(24(31)29-20-10-7-16(26)13-27-20)22(15-5-8-17(32-4)9-6-15)23-18(28-14)11-25(2,3)12-19(23)30/h5-10,13,22,28H,11-12H2,1-4H3,(H,27,29,31). The van der Waals surface area contributed by atoms with E-state index in [2.05, 4.69) is 45.4 Å². The van der Waals surface area contributed by atoms with Crippen molar-refractivity contribution < 1.29 is 14.3 Å². The zero-order chi connectivity index (χ0) is 23.0. The number of dihydropyridines is 1. The molecule has 1 aliphatic heterocycles. The molecular formula is C25H26BrN3O3. The third-order valence-corrected chi connectivity index (χ3v) is 6.37. The number of hydrogen-bond acceptors (Lipinski definition) is 5. The summed E-state index contributed by atoms with van der Waals surface area (Å²) in [6.45, 7) is 6.08. The number of amides is 1. The molecule has 7 heteroatoms. The molecule has 1 atom stereocenters. The van der Waals surface area contributed by atoms with Crippen LogP contribution in [0.4, 0.5) is 5.82 Å². The largest absolute Gasteiger partial charge is 0.497 e. The van der Waals surface area contributed by atoms with Crippen LogP contribution in [0.3, 0.4) is 0 Å². The average molecular weight is 496 g/mol. The molecule has 0 radical (unpaired) electrons. The van der Waals surface area contributed by atoms with Gasteiger partial charge in [0, 0.05) is 45.5 Å². The van der Waals surface area contributed by atoms with Gasteiger partial charge in [-0.3, -0.25) is 9.59 Å². The minimum absolute atomic E-state index is 0.0733. The first-order valence-electron chi connectivity index (χ1n) is 10.5. The van der Waals surface area contributed by atoms with Gasteiger partial charge in [-0.25, -0.2) is 4.98 Å². The Morgan fingerprint density at radius 2 is 1.91 bits per heavy atom. The van der Waals surface area contributed by atoms with E-state index in [-0.39, 0.29) is 17.1 Å². The summed E-state index contributed by atoms with van der Waals surface area (Å²) >= 11 is 3.36. The zero-order valence-corrected chi connectivity index (χ0v) is 20.2. The number of carbonyl (C=O) groups is 2. The monoisotopic (exact) mass is 495 g/mol. The van der Waals surface area contributed by atoms with E-state index >= 15 is 0 Å². The molecule has 0 bridgehead atoms. The maximum atomic E-state index is 13.5. The number of nitrogens with one attached hydrogen (secondary N) is 2. The van der Waals surface area contributed by atoms with E-state index in [1.807, 2.05) is 37.3 Å². The van der Waals surface area contributed by atoms with E-state index in [1.54, 1.807) is 19.4 Å². The van der Waals surface area contributed by atoms with Gasteiger partial charge in [-0.1, -0.05) is 26.0 Å². The highest BCUT2D eigenvalue weighted by Gasteiger charge is 2.42. The Labute approximate surface area is 196 Å². The van der Waals surface area contributed by atoms with Crippen molar-refractivity contribution in [1.29, 1.82) is 0 Å². The third-order valence-electron chi connectivity index (χ3n) is 5.90. The maximum absolute atomic E-state index is 13.5.